The average Bonchev–Trinajstić information content (AvgIpc) is 3.12. The molecular weight excluding hydrogens is 252 g/mol. The molecule has 0 atom stereocenters. The summed E-state index contributed by atoms with van der Waals surface area (Å²) in [6, 6.07) is 6.82. The maximum Gasteiger partial charge on any atom is 0.270 e. The van der Waals surface area contributed by atoms with Crippen LogP contribution < -0.4 is 0 Å². The van der Waals surface area contributed by atoms with E-state index in [1.165, 1.54) is 12.1 Å². The van der Waals surface area contributed by atoms with Gasteiger partial charge < -0.3 is 0 Å². The highest BCUT2D eigenvalue weighted by Crippen LogP contribution is 2.38. The summed E-state index contributed by atoms with van der Waals surface area (Å²) < 4.78 is 2.51. The highest BCUT2D eigenvalue weighted by Gasteiger charge is 2.28. The summed E-state index contributed by atoms with van der Waals surface area (Å²) in [6.45, 7) is 0. The lowest BCUT2D eigenvalue weighted by molar-refractivity contribution is -0.384. The van der Waals surface area contributed by atoms with Crippen LogP contribution in [0.1, 0.15) is 18.9 Å². The lowest BCUT2D eigenvalue weighted by atomic mass is 10.2. The summed E-state index contributed by atoms with van der Waals surface area (Å²) in [5, 5.41) is 17.7. The van der Waals surface area contributed by atoms with E-state index in [2.05, 4.69) is 10.2 Å². The first kappa shape index (κ1) is 11.1. The van der Waals surface area contributed by atoms with Crippen molar-refractivity contribution in [1.29, 1.82) is 0 Å². The topological polar surface area (TPSA) is 76.8 Å². The van der Waals surface area contributed by atoms with Gasteiger partial charge in [-0.3, -0.25) is 19.8 Å². The molecule has 7 heteroatoms. The largest absolute Gasteiger partial charge is 0.297 e. The van der Waals surface area contributed by atoms with Gasteiger partial charge in [-0.2, -0.15) is 5.10 Å². The summed E-state index contributed by atoms with van der Waals surface area (Å²) in [7, 11) is 0. The van der Waals surface area contributed by atoms with Crippen molar-refractivity contribution >= 4 is 17.9 Å². The van der Waals surface area contributed by atoms with Crippen LogP contribution in [0.5, 0.6) is 0 Å². The molecule has 1 saturated carbocycles. The molecule has 18 heavy (non-hydrogen) atoms. The maximum atomic E-state index is 10.8. The van der Waals surface area contributed by atoms with Crippen LogP contribution in [0, 0.1) is 14.9 Å². The number of rotatable bonds is 3. The van der Waals surface area contributed by atoms with E-state index < -0.39 is 4.92 Å². The molecule has 0 unspecified atom stereocenters. The van der Waals surface area contributed by atoms with Crippen molar-refractivity contribution < 1.29 is 4.92 Å². The zero-order chi connectivity index (χ0) is 12.7. The van der Waals surface area contributed by atoms with Crippen molar-refractivity contribution in [2.24, 2.45) is 0 Å². The summed E-state index contributed by atoms with van der Waals surface area (Å²) in [5.74, 6) is 0.672. The fourth-order valence-corrected chi connectivity index (χ4v) is 2.22. The fraction of sp³-hybridized carbons (Fsp3) is 0.273. The summed E-state index contributed by atoms with van der Waals surface area (Å²) in [5.41, 5.74) is 0.771. The van der Waals surface area contributed by atoms with E-state index in [4.69, 9.17) is 12.2 Å². The van der Waals surface area contributed by atoms with E-state index in [1.807, 2.05) is 4.57 Å². The Morgan fingerprint density at radius 1 is 1.50 bits per heavy atom. The molecule has 0 aliphatic heterocycles. The second-order valence-corrected chi connectivity index (χ2v) is 4.65. The Hall–Kier alpha value is -2.02. The van der Waals surface area contributed by atoms with Crippen LogP contribution in [0.4, 0.5) is 5.69 Å². The molecule has 6 nitrogen and oxygen atoms in total. The third-order valence-electron chi connectivity index (χ3n) is 2.93. The molecule has 1 N–H and O–H groups in total. The number of aromatic nitrogens is 3. The number of hydrogen-bond donors (Lipinski definition) is 1. The minimum atomic E-state index is -0.410. The van der Waals surface area contributed by atoms with Gasteiger partial charge in [0.2, 0.25) is 0 Å². The number of benzene rings is 1. The van der Waals surface area contributed by atoms with E-state index in [0.717, 1.165) is 12.8 Å². The van der Waals surface area contributed by atoms with Crippen molar-refractivity contribution in [2.45, 2.75) is 18.9 Å². The Balaban J connectivity index is 2.12. The lowest BCUT2D eigenvalue weighted by Gasteiger charge is -2.04. The predicted octanol–water partition coefficient (Wildman–Crippen LogP) is 2.85. The molecule has 1 aromatic heterocycles. The van der Waals surface area contributed by atoms with Gasteiger partial charge in [0.1, 0.15) is 0 Å². The molecule has 92 valence electrons. The Morgan fingerprint density at radius 2 is 2.28 bits per heavy atom. The zero-order valence-corrected chi connectivity index (χ0v) is 10.2. The molecule has 1 aliphatic carbocycles. The van der Waals surface area contributed by atoms with Crippen molar-refractivity contribution in [3.63, 3.8) is 0 Å². The van der Waals surface area contributed by atoms with E-state index in [0.29, 0.717) is 22.2 Å². The van der Waals surface area contributed by atoms with Gasteiger partial charge in [-0.1, -0.05) is 12.1 Å². The molecule has 0 spiro atoms. The van der Waals surface area contributed by atoms with Gasteiger partial charge in [0.05, 0.1) is 4.92 Å². The zero-order valence-electron chi connectivity index (χ0n) is 9.37. The molecule has 0 bridgehead atoms. The van der Waals surface area contributed by atoms with Crippen LogP contribution in [0.25, 0.3) is 11.4 Å². The number of non-ortho nitro benzene ring substituents is 1. The SMILES string of the molecule is O=[N+]([O-])c1cccc(-c2n[nH]c(=S)n2C2CC2)c1. The average molecular weight is 262 g/mol. The van der Waals surface area contributed by atoms with Gasteiger partial charge >= 0.3 is 0 Å². The first-order valence-electron chi connectivity index (χ1n) is 5.58. The summed E-state index contributed by atoms with van der Waals surface area (Å²) in [6.07, 6.45) is 2.16. The quantitative estimate of drug-likeness (QED) is 0.524. The Bertz CT molecular complexity index is 672. The number of nitrogens with zero attached hydrogens (tertiary/aromatic N) is 3. The first-order valence-corrected chi connectivity index (χ1v) is 5.99. The van der Waals surface area contributed by atoms with Gasteiger partial charge in [-0.25, -0.2) is 0 Å². The predicted molar refractivity (Wildman–Crippen MR) is 67.8 cm³/mol. The number of nitrogens with one attached hydrogen (secondary N) is 1. The standard InChI is InChI=1S/C11H10N4O2S/c16-15(17)9-3-1-2-7(6-9)10-12-13-11(18)14(10)8-4-5-8/h1-3,6,8H,4-5H2,(H,13,18). The third kappa shape index (κ3) is 1.82. The molecule has 2 aromatic rings. The monoisotopic (exact) mass is 262 g/mol. The van der Waals surface area contributed by atoms with Gasteiger partial charge in [0.25, 0.3) is 5.69 Å². The first-order chi connectivity index (χ1) is 8.66. The normalized spacial score (nSPS) is 14.7. The minimum absolute atomic E-state index is 0.0590. The van der Waals surface area contributed by atoms with Crippen LogP contribution in [0.15, 0.2) is 24.3 Å². The van der Waals surface area contributed by atoms with E-state index in [9.17, 15) is 10.1 Å². The van der Waals surface area contributed by atoms with Gasteiger partial charge in [0.15, 0.2) is 10.6 Å². The van der Waals surface area contributed by atoms with Gasteiger partial charge in [0, 0.05) is 23.7 Å². The van der Waals surface area contributed by atoms with Gasteiger partial charge in [-0.15, -0.1) is 0 Å². The second kappa shape index (κ2) is 4.02. The van der Waals surface area contributed by atoms with Crippen LogP contribution in [0.3, 0.4) is 0 Å². The maximum absolute atomic E-state index is 10.8. The summed E-state index contributed by atoms with van der Waals surface area (Å²) >= 11 is 5.18. The smallest absolute Gasteiger partial charge is 0.270 e. The Morgan fingerprint density at radius 3 is 2.94 bits per heavy atom. The fourth-order valence-electron chi connectivity index (χ4n) is 1.94. The molecule has 0 amide bonds. The van der Waals surface area contributed by atoms with E-state index in [-0.39, 0.29) is 5.69 Å². The molecule has 3 rings (SSSR count). The number of hydrogen-bond acceptors (Lipinski definition) is 4. The van der Waals surface area contributed by atoms with Crippen LogP contribution in [0.2, 0.25) is 0 Å². The molecule has 0 radical (unpaired) electrons. The number of aromatic amines is 1. The number of nitro groups is 1. The summed E-state index contributed by atoms with van der Waals surface area (Å²) in [4.78, 5) is 10.4. The molecule has 1 aliphatic rings. The van der Waals surface area contributed by atoms with Crippen LogP contribution >= 0.6 is 12.2 Å². The van der Waals surface area contributed by atoms with Gasteiger partial charge in [-0.05, 0) is 25.1 Å². The van der Waals surface area contributed by atoms with Crippen LogP contribution in [-0.4, -0.2) is 19.7 Å². The minimum Gasteiger partial charge on any atom is -0.297 e. The van der Waals surface area contributed by atoms with E-state index in [1.54, 1.807) is 12.1 Å². The molecule has 0 saturated heterocycles. The molecule has 1 fully saturated rings. The highest BCUT2D eigenvalue weighted by atomic mass is 32.1. The Labute approximate surface area is 107 Å². The second-order valence-electron chi connectivity index (χ2n) is 4.26. The van der Waals surface area contributed by atoms with E-state index >= 15 is 0 Å². The molecular formula is C11H10N4O2S. The number of nitro benzene ring substituents is 1. The Kier molecular flexibility index (Phi) is 2.48. The van der Waals surface area contributed by atoms with Crippen molar-refractivity contribution in [3.05, 3.63) is 39.2 Å². The lowest BCUT2D eigenvalue weighted by Crippen LogP contribution is -1.98. The van der Waals surface area contributed by atoms with Crippen molar-refractivity contribution in [3.8, 4) is 11.4 Å². The number of H-pyrrole nitrogens is 1. The molecule has 1 aromatic carbocycles. The molecule has 1 heterocycles. The third-order valence-corrected chi connectivity index (χ3v) is 3.22. The highest BCUT2D eigenvalue weighted by molar-refractivity contribution is 7.71. The van der Waals surface area contributed by atoms with Crippen molar-refractivity contribution in [1.82, 2.24) is 14.8 Å². The van der Waals surface area contributed by atoms with Crippen LogP contribution in [-0.2, 0) is 0 Å². The van der Waals surface area contributed by atoms with Crippen molar-refractivity contribution in [2.75, 3.05) is 0 Å².